The minimum atomic E-state index is -4.48. The molecule has 21 heavy (non-hydrogen) atoms. The number of alkyl halides is 3. The molecule has 2 aromatic heterocycles. The van der Waals surface area contributed by atoms with Gasteiger partial charge < -0.3 is 11.1 Å². The van der Waals surface area contributed by atoms with E-state index in [1.165, 1.54) is 10.9 Å². The van der Waals surface area contributed by atoms with Gasteiger partial charge in [-0.25, -0.2) is 0 Å². The van der Waals surface area contributed by atoms with Crippen LogP contribution in [0.15, 0.2) is 24.5 Å². The number of halogens is 3. The fourth-order valence-electron chi connectivity index (χ4n) is 1.59. The van der Waals surface area contributed by atoms with E-state index in [9.17, 15) is 18.0 Å². The molecule has 0 saturated heterocycles. The molecule has 0 saturated carbocycles. The maximum absolute atomic E-state index is 12.4. The fraction of sp³-hybridized carbons (Fsp3) is 0.250. The molecular weight excluding hydrogens is 287 g/mol. The van der Waals surface area contributed by atoms with Gasteiger partial charge in [0.25, 0.3) is 5.91 Å². The zero-order valence-electron chi connectivity index (χ0n) is 11.0. The van der Waals surface area contributed by atoms with Crippen molar-refractivity contribution in [2.75, 3.05) is 5.73 Å². The van der Waals surface area contributed by atoms with Crippen LogP contribution >= 0.6 is 0 Å². The molecule has 0 aliphatic carbocycles. The van der Waals surface area contributed by atoms with E-state index in [2.05, 4.69) is 15.4 Å². The number of rotatable bonds is 3. The molecular formula is C12H12F3N5O. The molecule has 6 nitrogen and oxygen atoms in total. The summed E-state index contributed by atoms with van der Waals surface area (Å²) in [6.07, 6.45) is -2.37. The van der Waals surface area contributed by atoms with Crippen molar-refractivity contribution in [2.24, 2.45) is 7.05 Å². The third kappa shape index (κ3) is 3.30. The van der Waals surface area contributed by atoms with Crippen molar-refractivity contribution in [1.29, 1.82) is 0 Å². The molecule has 0 aliphatic rings. The first-order valence-electron chi connectivity index (χ1n) is 5.87. The van der Waals surface area contributed by atoms with E-state index in [1.807, 2.05) is 0 Å². The van der Waals surface area contributed by atoms with E-state index < -0.39 is 17.6 Å². The summed E-state index contributed by atoms with van der Waals surface area (Å²) >= 11 is 0. The quantitative estimate of drug-likeness (QED) is 0.895. The maximum atomic E-state index is 12.4. The first-order chi connectivity index (χ1) is 9.79. The largest absolute Gasteiger partial charge is 0.417 e. The lowest BCUT2D eigenvalue weighted by atomic mass is 10.2. The average Bonchev–Trinajstić information content (AvgIpc) is 2.75. The summed E-state index contributed by atoms with van der Waals surface area (Å²) in [6, 6.07) is 1.82. The van der Waals surface area contributed by atoms with Gasteiger partial charge in [-0.05, 0) is 12.1 Å². The number of nitrogens with one attached hydrogen (secondary N) is 1. The van der Waals surface area contributed by atoms with E-state index in [4.69, 9.17) is 5.73 Å². The Balaban J connectivity index is 2.02. The predicted molar refractivity (Wildman–Crippen MR) is 68.0 cm³/mol. The Morgan fingerprint density at radius 1 is 1.38 bits per heavy atom. The van der Waals surface area contributed by atoms with Crippen LogP contribution in [0.5, 0.6) is 0 Å². The monoisotopic (exact) mass is 299 g/mol. The zero-order valence-corrected chi connectivity index (χ0v) is 11.0. The van der Waals surface area contributed by atoms with Gasteiger partial charge in [-0.15, -0.1) is 0 Å². The zero-order chi connectivity index (χ0) is 15.6. The molecule has 112 valence electrons. The molecule has 0 spiro atoms. The third-order valence-corrected chi connectivity index (χ3v) is 2.83. The fourth-order valence-corrected chi connectivity index (χ4v) is 1.59. The van der Waals surface area contributed by atoms with Gasteiger partial charge in [0.05, 0.1) is 11.8 Å². The smallest absolute Gasteiger partial charge is 0.384 e. The standard InChI is InChI=1S/C12H12F3N5O/c1-20-10(16)7(5-19-20)4-18-11(21)9-3-2-8(6-17-9)12(13,14)15/h2-3,5-6H,4,16H2,1H3,(H,18,21). The highest BCUT2D eigenvalue weighted by Gasteiger charge is 2.30. The van der Waals surface area contributed by atoms with Gasteiger partial charge in [-0.1, -0.05) is 0 Å². The normalized spacial score (nSPS) is 11.4. The highest BCUT2D eigenvalue weighted by Crippen LogP contribution is 2.28. The molecule has 0 fully saturated rings. The molecule has 9 heteroatoms. The van der Waals surface area contributed by atoms with Gasteiger partial charge in [0.15, 0.2) is 0 Å². The van der Waals surface area contributed by atoms with Crippen molar-refractivity contribution in [3.63, 3.8) is 0 Å². The number of carbonyl (C=O) groups excluding carboxylic acids is 1. The Kier molecular flexibility index (Phi) is 3.83. The second kappa shape index (κ2) is 5.43. The van der Waals surface area contributed by atoms with Crippen molar-refractivity contribution >= 4 is 11.7 Å². The maximum Gasteiger partial charge on any atom is 0.417 e. The minimum Gasteiger partial charge on any atom is -0.384 e. The van der Waals surface area contributed by atoms with Crippen molar-refractivity contribution in [3.8, 4) is 0 Å². The van der Waals surface area contributed by atoms with Crippen LogP contribution in [0.25, 0.3) is 0 Å². The summed E-state index contributed by atoms with van der Waals surface area (Å²) in [4.78, 5) is 15.3. The van der Waals surface area contributed by atoms with E-state index in [1.54, 1.807) is 7.05 Å². The summed E-state index contributed by atoms with van der Waals surface area (Å²) in [5.74, 6) is -0.192. The van der Waals surface area contributed by atoms with Crippen LogP contribution in [0.4, 0.5) is 19.0 Å². The second-order valence-corrected chi connectivity index (χ2v) is 4.29. The summed E-state index contributed by atoms with van der Waals surface area (Å²) in [6.45, 7) is 0.112. The third-order valence-electron chi connectivity index (χ3n) is 2.83. The number of carbonyl (C=O) groups is 1. The molecule has 2 aromatic rings. The highest BCUT2D eigenvalue weighted by atomic mass is 19.4. The van der Waals surface area contributed by atoms with Gasteiger partial charge in [0.2, 0.25) is 0 Å². The van der Waals surface area contributed by atoms with Crippen LogP contribution in [0.2, 0.25) is 0 Å². The molecule has 0 aromatic carbocycles. The summed E-state index contributed by atoms with van der Waals surface area (Å²) < 4.78 is 38.6. The van der Waals surface area contributed by atoms with Crippen LogP contribution < -0.4 is 11.1 Å². The summed E-state index contributed by atoms with van der Waals surface area (Å²) in [7, 11) is 1.65. The van der Waals surface area contributed by atoms with Crippen LogP contribution in [0.1, 0.15) is 21.6 Å². The van der Waals surface area contributed by atoms with Crippen LogP contribution in [0.3, 0.4) is 0 Å². The van der Waals surface area contributed by atoms with Gasteiger partial charge in [-0.3, -0.25) is 14.5 Å². The lowest BCUT2D eigenvalue weighted by molar-refractivity contribution is -0.137. The summed E-state index contributed by atoms with van der Waals surface area (Å²) in [5, 5.41) is 6.42. The molecule has 2 heterocycles. The number of hydrogen-bond donors (Lipinski definition) is 2. The van der Waals surface area contributed by atoms with Gasteiger partial charge in [0, 0.05) is 25.4 Å². The average molecular weight is 299 g/mol. The van der Waals surface area contributed by atoms with Gasteiger partial charge in [0.1, 0.15) is 11.5 Å². The lowest BCUT2D eigenvalue weighted by Gasteiger charge is -2.07. The number of nitrogens with zero attached hydrogens (tertiary/aromatic N) is 3. The van der Waals surface area contributed by atoms with Crippen LogP contribution in [0, 0.1) is 0 Å². The van der Waals surface area contributed by atoms with Crippen molar-refractivity contribution in [1.82, 2.24) is 20.1 Å². The van der Waals surface area contributed by atoms with Crippen LogP contribution in [-0.2, 0) is 19.8 Å². The molecule has 0 aliphatic heterocycles. The second-order valence-electron chi connectivity index (χ2n) is 4.29. The number of aryl methyl sites for hydroxylation is 1. The number of pyridine rings is 1. The Hall–Kier alpha value is -2.58. The number of nitrogen functional groups attached to an aromatic ring is 1. The molecule has 0 unspecified atom stereocenters. The number of hydrogen-bond acceptors (Lipinski definition) is 4. The molecule has 0 radical (unpaired) electrons. The van der Waals surface area contributed by atoms with E-state index in [0.29, 0.717) is 17.6 Å². The molecule has 3 N–H and O–H groups in total. The number of aromatic nitrogens is 3. The van der Waals surface area contributed by atoms with Crippen LogP contribution in [-0.4, -0.2) is 20.7 Å². The number of anilines is 1. The Labute approximate surface area is 117 Å². The lowest BCUT2D eigenvalue weighted by Crippen LogP contribution is -2.24. The minimum absolute atomic E-state index is 0.106. The molecule has 1 amide bonds. The number of amides is 1. The van der Waals surface area contributed by atoms with E-state index >= 15 is 0 Å². The Morgan fingerprint density at radius 2 is 2.10 bits per heavy atom. The van der Waals surface area contributed by atoms with Gasteiger partial charge >= 0.3 is 6.18 Å². The molecule has 2 rings (SSSR count). The first kappa shape index (κ1) is 14.8. The Morgan fingerprint density at radius 3 is 2.57 bits per heavy atom. The number of nitrogens with two attached hydrogens (primary N) is 1. The molecule has 0 bridgehead atoms. The summed E-state index contributed by atoms with van der Waals surface area (Å²) in [5.41, 5.74) is 5.30. The van der Waals surface area contributed by atoms with Crippen molar-refractivity contribution in [2.45, 2.75) is 12.7 Å². The van der Waals surface area contributed by atoms with E-state index in [-0.39, 0.29) is 12.2 Å². The molecule has 0 atom stereocenters. The first-order valence-corrected chi connectivity index (χ1v) is 5.87. The van der Waals surface area contributed by atoms with Crippen molar-refractivity contribution < 1.29 is 18.0 Å². The van der Waals surface area contributed by atoms with E-state index in [0.717, 1.165) is 12.1 Å². The van der Waals surface area contributed by atoms with Crippen molar-refractivity contribution in [3.05, 3.63) is 41.3 Å². The predicted octanol–water partition coefficient (Wildman–Crippen LogP) is 1.35. The topological polar surface area (TPSA) is 85.8 Å². The van der Waals surface area contributed by atoms with Gasteiger partial charge in [-0.2, -0.15) is 18.3 Å². The Bertz CT molecular complexity index is 648. The SMILES string of the molecule is Cn1ncc(CNC(=O)c2ccc(C(F)(F)F)cn2)c1N. The highest BCUT2D eigenvalue weighted by molar-refractivity contribution is 5.92.